The van der Waals surface area contributed by atoms with Gasteiger partial charge in [0.05, 0.1) is 12.2 Å². The van der Waals surface area contributed by atoms with E-state index in [-0.39, 0.29) is 22.0 Å². The van der Waals surface area contributed by atoms with E-state index in [1.807, 2.05) is 20.8 Å². The van der Waals surface area contributed by atoms with Crippen LogP contribution in [0.5, 0.6) is 0 Å². The van der Waals surface area contributed by atoms with Crippen molar-refractivity contribution in [3.8, 4) is 0 Å². The van der Waals surface area contributed by atoms with E-state index in [0.717, 1.165) is 43.6 Å². The van der Waals surface area contributed by atoms with Crippen molar-refractivity contribution in [1.82, 2.24) is 15.0 Å². The van der Waals surface area contributed by atoms with Crippen LogP contribution < -0.4 is 10.0 Å². The highest BCUT2D eigenvalue weighted by Gasteiger charge is 2.50. The molecule has 1 spiro atoms. The van der Waals surface area contributed by atoms with E-state index in [2.05, 4.69) is 15.0 Å². The maximum atomic E-state index is 13.7. The first-order valence-corrected chi connectivity index (χ1v) is 9.00. The smallest absolute Gasteiger partial charge is 0.141 e. The van der Waals surface area contributed by atoms with Crippen LogP contribution in [0.2, 0.25) is 0 Å². The van der Waals surface area contributed by atoms with Gasteiger partial charge in [-0.05, 0) is 64.8 Å². The molecule has 2 aliphatic rings. The first-order chi connectivity index (χ1) is 10.3. The molecule has 0 aromatic carbocycles. The Morgan fingerprint density at radius 1 is 1.41 bits per heavy atom. The van der Waals surface area contributed by atoms with E-state index in [0.29, 0.717) is 0 Å². The highest BCUT2D eigenvalue weighted by atomic mass is 32.2. The zero-order valence-corrected chi connectivity index (χ0v) is 14.2. The molecule has 1 fully saturated rings. The molecule has 1 aliphatic heterocycles. The fourth-order valence-electron chi connectivity index (χ4n) is 3.51. The van der Waals surface area contributed by atoms with E-state index >= 15 is 0 Å². The van der Waals surface area contributed by atoms with Gasteiger partial charge in [-0.15, -0.1) is 4.72 Å². The third-order valence-corrected chi connectivity index (χ3v) is 6.36. The Morgan fingerprint density at radius 3 is 2.73 bits per heavy atom. The van der Waals surface area contributed by atoms with Gasteiger partial charge in [0.25, 0.3) is 0 Å². The highest BCUT2D eigenvalue weighted by molar-refractivity contribution is 7.90. The fraction of sp³-hybridized carbons (Fsp3) is 0.688. The van der Waals surface area contributed by atoms with Gasteiger partial charge in [0.1, 0.15) is 10.6 Å². The number of aromatic nitrogens is 1. The third-order valence-electron chi connectivity index (χ3n) is 4.79. The molecule has 1 aliphatic carbocycles. The van der Waals surface area contributed by atoms with Gasteiger partial charge in [0.2, 0.25) is 0 Å². The van der Waals surface area contributed by atoms with Gasteiger partial charge in [-0.1, -0.05) is 0 Å². The number of hydrogen-bond acceptors (Lipinski definition) is 4. The lowest BCUT2D eigenvalue weighted by atomic mass is 9.74. The van der Waals surface area contributed by atoms with E-state index in [4.69, 9.17) is 0 Å². The molecule has 2 N–H and O–H groups in total. The summed E-state index contributed by atoms with van der Waals surface area (Å²) in [6, 6.07) is 1.48. The number of halogens is 1. The molecule has 1 aromatic heterocycles. The summed E-state index contributed by atoms with van der Waals surface area (Å²) in [5.74, 6) is -0.321. The molecular formula is C16H24FN3OS. The Morgan fingerprint density at radius 2 is 2.09 bits per heavy atom. The van der Waals surface area contributed by atoms with Gasteiger partial charge in [0.15, 0.2) is 0 Å². The lowest BCUT2D eigenvalue weighted by Crippen LogP contribution is -2.48. The second-order valence-corrected chi connectivity index (χ2v) is 9.41. The standard InChI is InChI=1S/C16H24FN3OS/c1-15(2,3)22(21)20-14-12-8-11(17)10-19-13(12)9-16(14)4-6-18-7-5-16/h8,10,14,18,20H,4-7,9H2,1-3H3/t14-,22?/m1/s1. The minimum absolute atomic E-state index is 0.00468. The molecule has 122 valence electrons. The third kappa shape index (κ3) is 2.89. The van der Waals surface area contributed by atoms with Crippen LogP contribution in [0, 0.1) is 11.2 Å². The van der Waals surface area contributed by atoms with Crippen molar-refractivity contribution < 1.29 is 8.94 Å². The normalized spacial score (nSPS) is 25.2. The maximum absolute atomic E-state index is 13.7. The van der Waals surface area contributed by atoms with Crippen LogP contribution in [-0.2, 0) is 17.8 Å². The molecule has 3 rings (SSSR count). The van der Waals surface area contributed by atoms with Crippen molar-refractivity contribution in [2.45, 2.75) is 50.8 Å². The van der Waals surface area contributed by atoms with E-state index in [1.165, 1.54) is 6.20 Å². The summed E-state index contributed by atoms with van der Waals surface area (Å²) in [6.07, 6.45) is 4.11. The number of rotatable bonds is 2. The van der Waals surface area contributed by atoms with Crippen molar-refractivity contribution in [3.05, 3.63) is 29.3 Å². The van der Waals surface area contributed by atoms with E-state index in [9.17, 15) is 8.94 Å². The number of nitrogens with one attached hydrogen (secondary N) is 2. The first kappa shape index (κ1) is 16.2. The summed E-state index contributed by atoms with van der Waals surface area (Å²) >= 11 is -1.19. The molecule has 0 saturated carbocycles. The fourth-order valence-corrected chi connectivity index (χ4v) is 4.45. The molecule has 0 bridgehead atoms. The molecule has 6 heteroatoms. The van der Waals surface area contributed by atoms with Crippen molar-refractivity contribution in [2.75, 3.05) is 13.1 Å². The van der Waals surface area contributed by atoms with Crippen LogP contribution in [-0.4, -0.2) is 27.4 Å². The number of nitrogens with zero attached hydrogens (tertiary/aromatic N) is 1. The molecule has 4 nitrogen and oxygen atoms in total. The summed E-state index contributed by atoms with van der Waals surface area (Å²) in [4.78, 5) is 4.29. The minimum atomic E-state index is -1.19. The number of fused-ring (bicyclic) bond motifs is 1. The first-order valence-electron chi connectivity index (χ1n) is 7.85. The van der Waals surface area contributed by atoms with Gasteiger partial charge in [0, 0.05) is 22.5 Å². The van der Waals surface area contributed by atoms with Crippen molar-refractivity contribution in [2.24, 2.45) is 5.41 Å². The lowest BCUT2D eigenvalue weighted by Gasteiger charge is -2.40. The highest BCUT2D eigenvalue weighted by Crippen LogP contribution is 2.51. The average Bonchev–Trinajstić information content (AvgIpc) is 2.72. The lowest BCUT2D eigenvalue weighted by molar-refractivity contribution is 0.163. The molecule has 1 aromatic rings. The summed E-state index contributed by atoms with van der Waals surface area (Å²) < 4.78 is 29.2. The zero-order valence-electron chi connectivity index (χ0n) is 13.4. The van der Waals surface area contributed by atoms with Crippen LogP contribution in [0.4, 0.5) is 4.39 Å². The molecule has 2 atom stereocenters. The van der Waals surface area contributed by atoms with Crippen LogP contribution in [0.3, 0.4) is 0 Å². The van der Waals surface area contributed by atoms with Crippen molar-refractivity contribution in [1.29, 1.82) is 0 Å². The van der Waals surface area contributed by atoms with Crippen LogP contribution in [0.15, 0.2) is 12.3 Å². The summed E-state index contributed by atoms with van der Waals surface area (Å²) in [7, 11) is 0. The molecule has 1 unspecified atom stereocenters. The predicted octanol–water partition coefficient (Wildman–Crippen LogP) is 2.24. The molecular weight excluding hydrogens is 301 g/mol. The molecule has 22 heavy (non-hydrogen) atoms. The summed E-state index contributed by atoms with van der Waals surface area (Å²) in [5, 5.41) is 3.38. The topological polar surface area (TPSA) is 60.0 Å². The second kappa shape index (κ2) is 5.74. The van der Waals surface area contributed by atoms with Gasteiger partial charge < -0.3 is 9.87 Å². The average molecular weight is 325 g/mol. The number of pyridine rings is 1. The Kier molecular flexibility index (Phi) is 4.22. The Labute approximate surface area is 134 Å². The van der Waals surface area contributed by atoms with Gasteiger partial charge in [-0.25, -0.2) is 4.39 Å². The molecule has 1 saturated heterocycles. The molecule has 0 amide bonds. The maximum Gasteiger partial charge on any atom is 0.141 e. The number of piperidine rings is 1. The summed E-state index contributed by atoms with van der Waals surface area (Å²) in [5.41, 5.74) is 1.83. The monoisotopic (exact) mass is 325 g/mol. The van der Waals surface area contributed by atoms with Crippen LogP contribution in [0.25, 0.3) is 0 Å². The largest absolute Gasteiger partial charge is 0.598 e. The van der Waals surface area contributed by atoms with Crippen LogP contribution in [0.1, 0.15) is 50.9 Å². The second-order valence-electron chi connectivity index (χ2n) is 7.41. The molecule has 0 radical (unpaired) electrons. The van der Waals surface area contributed by atoms with E-state index in [1.54, 1.807) is 6.07 Å². The summed E-state index contributed by atoms with van der Waals surface area (Å²) in [6.45, 7) is 7.73. The van der Waals surface area contributed by atoms with Crippen LogP contribution >= 0.6 is 0 Å². The van der Waals surface area contributed by atoms with Gasteiger partial charge in [-0.3, -0.25) is 4.98 Å². The minimum Gasteiger partial charge on any atom is -0.598 e. The zero-order chi connectivity index (χ0) is 16.0. The van der Waals surface area contributed by atoms with Crippen molar-refractivity contribution in [3.63, 3.8) is 0 Å². The van der Waals surface area contributed by atoms with Gasteiger partial charge >= 0.3 is 0 Å². The van der Waals surface area contributed by atoms with Crippen molar-refractivity contribution >= 4 is 11.4 Å². The predicted molar refractivity (Wildman–Crippen MR) is 86.2 cm³/mol. The Balaban J connectivity index is 1.95. The Hall–Kier alpha value is -0.690. The SMILES string of the molecule is CC(C)(C)[S+]([O-])N[C@@H]1c2cc(F)cnc2CC12CCNCC2. The van der Waals surface area contributed by atoms with E-state index < -0.39 is 11.4 Å². The Bertz CT molecular complexity index is 555. The molecule has 2 heterocycles. The van der Waals surface area contributed by atoms with Gasteiger partial charge in [-0.2, -0.15) is 0 Å². The number of hydrogen-bond donors (Lipinski definition) is 2. The quantitative estimate of drug-likeness (QED) is 0.819.